The highest BCUT2D eigenvalue weighted by atomic mass is 32.2. The van der Waals surface area contributed by atoms with Crippen LogP contribution in [0.15, 0.2) is 75.5 Å². The van der Waals surface area contributed by atoms with Crippen molar-refractivity contribution in [3.8, 4) is 0 Å². The molecular weight excluding hydrogens is 328 g/mol. The van der Waals surface area contributed by atoms with Crippen molar-refractivity contribution in [3.05, 3.63) is 66.2 Å². The van der Waals surface area contributed by atoms with E-state index in [0.717, 1.165) is 21.0 Å². The number of amidine groups is 1. The van der Waals surface area contributed by atoms with Crippen LogP contribution in [0.5, 0.6) is 0 Å². The molecule has 2 aromatic carbocycles. The van der Waals surface area contributed by atoms with E-state index in [-0.39, 0.29) is 0 Å². The van der Waals surface area contributed by atoms with E-state index in [0.29, 0.717) is 18.0 Å². The molecule has 0 spiro atoms. The highest BCUT2D eigenvalue weighted by Gasteiger charge is 2.13. The SMILES string of the molecule is NC1=Nc2ccccc2Sc2ccccc21.O=C(O)/C=C/C(=O)O. The zero-order valence-corrected chi connectivity index (χ0v) is 13.2. The highest BCUT2D eigenvalue weighted by Crippen LogP contribution is 2.39. The van der Waals surface area contributed by atoms with E-state index in [1.165, 1.54) is 0 Å². The van der Waals surface area contributed by atoms with Crippen molar-refractivity contribution in [1.29, 1.82) is 0 Å². The van der Waals surface area contributed by atoms with Gasteiger partial charge in [-0.2, -0.15) is 0 Å². The predicted molar refractivity (Wildman–Crippen MR) is 91.8 cm³/mol. The van der Waals surface area contributed by atoms with Gasteiger partial charge in [0.2, 0.25) is 0 Å². The summed E-state index contributed by atoms with van der Waals surface area (Å²) in [5.74, 6) is -1.92. The van der Waals surface area contributed by atoms with Gasteiger partial charge in [-0.1, -0.05) is 42.1 Å². The number of nitrogens with zero attached hydrogens (tertiary/aromatic N) is 1. The number of nitrogens with two attached hydrogens (primary N) is 1. The standard InChI is InChI=1S/C13H10N2S.C4H4O4/c14-13-9-5-1-3-7-11(9)16-12-8-4-2-6-10(12)15-13;5-3(6)1-2-4(7)8/h1-8H,(H2,14,15);1-2H,(H,5,6)(H,7,8)/b;2-1+. The summed E-state index contributed by atoms with van der Waals surface area (Å²) in [6.07, 6.45) is 1.12. The first-order valence-corrected chi connectivity index (χ1v) is 7.63. The van der Waals surface area contributed by atoms with Gasteiger partial charge in [-0.3, -0.25) is 0 Å². The van der Waals surface area contributed by atoms with Gasteiger partial charge in [-0.15, -0.1) is 0 Å². The van der Waals surface area contributed by atoms with E-state index in [4.69, 9.17) is 15.9 Å². The van der Waals surface area contributed by atoms with E-state index in [1.54, 1.807) is 11.8 Å². The molecule has 0 bridgehead atoms. The molecule has 1 aliphatic heterocycles. The van der Waals surface area contributed by atoms with Crippen molar-refractivity contribution in [2.24, 2.45) is 10.7 Å². The molecule has 7 heteroatoms. The van der Waals surface area contributed by atoms with Gasteiger partial charge >= 0.3 is 11.9 Å². The molecule has 0 amide bonds. The number of rotatable bonds is 2. The number of aliphatic carboxylic acids is 2. The van der Waals surface area contributed by atoms with Gasteiger partial charge < -0.3 is 15.9 Å². The molecule has 0 unspecified atom stereocenters. The van der Waals surface area contributed by atoms with Gasteiger partial charge in [0.25, 0.3) is 0 Å². The molecule has 3 rings (SSSR count). The highest BCUT2D eigenvalue weighted by molar-refractivity contribution is 7.99. The molecule has 1 heterocycles. The fraction of sp³-hybridized carbons (Fsp3) is 0. The monoisotopic (exact) mass is 342 g/mol. The van der Waals surface area contributed by atoms with Gasteiger partial charge in [0.05, 0.1) is 5.69 Å². The lowest BCUT2D eigenvalue weighted by Crippen LogP contribution is -2.12. The quantitative estimate of drug-likeness (QED) is 0.723. The Morgan fingerprint density at radius 1 is 0.917 bits per heavy atom. The second kappa shape index (κ2) is 7.98. The van der Waals surface area contributed by atoms with E-state index >= 15 is 0 Å². The van der Waals surface area contributed by atoms with Crippen LogP contribution in [0.2, 0.25) is 0 Å². The average molecular weight is 342 g/mol. The number of fused-ring (bicyclic) bond motifs is 2. The summed E-state index contributed by atoms with van der Waals surface area (Å²) in [6, 6.07) is 16.1. The summed E-state index contributed by atoms with van der Waals surface area (Å²) in [5, 5.41) is 15.6. The van der Waals surface area contributed by atoms with Crippen molar-refractivity contribution in [2.75, 3.05) is 0 Å². The summed E-state index contributed by atoms with van der Waals surface area (Å²) >= 11 is 1.71. The Morgan fingerprint density at radius 3 is 2.08 bits per heavy atom. The zero-order chi connectivity index (χ0) is 17.5. The maximum Gasteiger partial charge on any atom is 0.328 e. The molecule has 0 aromatic heterocycles. The van der Waals surface area contributed by atoms with Crippen LogP contribution in [-0.4, -0.2) is 28.0 Å². The van der Waals surface area contributed by atoms with Crippen LogP contribution in [0.3, 0.4) is 0 Å². The normalized spacial score (nSPS) is 12.1. The van der Waals surface area contributed by atoms with E-state index < -0.39 is 11.9 Å². The van der Waals surface area contributed by atoms with Gasteiger partial charge in [0, 0.05) is 27.5 Å². The molecule has 2 aromatic rings. The lowest BCUT2D eigenvalue weighted by atomic mass is 10.2. The number of aliphatic imine (C=N–C) groups is 1. The predicted octanol–water partition coefficient (Wildman–Crippen LogP) is 2.90. The third-order valence-corrected chi connectivity index (χ3v) is 4.00. The van der Waals surface area contributed by atoms with Gasteiger partial charge in [0.1, 0.15) is 5.84 Å². The maximum atomic E-state index is 9.55. The Labute approximate surface area is 142 Å². The second-order valence-electron chi connectivity index (χ2n) is 4.57. The number of carboxylic acid groups (broad SMARTS) is 2. The smallest absolute Gasteiger partial charge is 0.328 e. The number of carbonyl (C=O) groups is 2. The summed E-state index contributed by atoms with van der Waals surface area (Å²) in [7, 11) is 0. The first-order chi connectivity index (χ1) is 11.5. The molecule has 0 atom stereocenters. The van der Waals surface area contributed by atoms with Gasteiger partial charge in [-0.25, -0.2) is 14.6 Å². The minimum atomic E-state index is -1.26. The number of hydrogen-bond donors (Lipinski definition) is 3. The zero-order valence-electron chi connectivity index (χ0n) is 12.4. The first kappa shape index (κ1) is 17.3. The summed E-state index contributed by atoms with van der Waals surface area (Å²) in [6.45, 7) is 0. The number of benzene rings is 2. The van der Waals surface area contributed by atoms with Crippen LogP contribution in [-0.2, 0) is 9.59 Å². The van der Waals surface area contributed by atoms with Crippen LogP contribution in [0.4, 0.5) is 5.69 Å². The van der Waals surface area contributed by atoms with Crippen molar-refractivity contribution >= 4 is 35.2 Å². The Bertz CT molecular complexity index is 815. The molecule has 0 aliphatic carbocycles. The van der Waals surface area contributed by atoms with Crippen LogP contribution in [0.1, 0.15) is 5.56 Å². The lowest BCUT2D eigenvalue weighted by Gasteiger charge is -2.04. The van der Waals surface area contributed by atoms with Crippen LogP contribution in [0, 0.1) is 0 Å². The molecule has 6 nitrogen and oxygen atoms in total. The van der Waals surface area contributed by atoms with Crippen LogP contribution in [0.25, 0.3) is 0 Å². The Morgan fingerprint density at radius 2 is 1.46 bits per heavy atom. The summed E-state index contributed by atoms with van der Waals surface area (Å²) in [4.78, 5) is 25.9. The number of hydrogen-bond acceptors (Lipinski definition) is 5. The Kier molecular flexibility index (Phi) is 5.75. The Balaban J connectivity index is 0.000000224. The summed E-state index contributed by atoms with van der Waals surface area (Å²) < 4.78 is 0. The minimum Gasteiger partial charge on any atom is -0.478 e. The molecule has 4 N–H and O–H groups in total. The van der Waals surface area contributed by atoms with Crippen molar-refractivity contribution in [3.63, 3.8) is 0 Å². The molecule has 0 saturated heterocycles. The van der Waals surface area contributed by atoms with E-state index in [9.17, 15) is 9.59 Å². The molecular formula is C17H14N2O4S. The molecule has 0 fully saturated rings. The van der Waals surface area contributed by atoms with Crippen molar-refractivity contribution in [2.45, 2.75) is 9.79 Å². The molecule has 122 valence electrons. The maximum absolute atomic E-state index is 9.55. The van der Waals surface area contributed by atoms with Crippen molar-refractivity contribution < 1.29 is 19.8 Å². The largest absolute Gasteiger partial charge is 0.478 e. The average Bonchev–Trinajstić information content (AvgIpc) is 2.69. The number of carboxylic acids is 2. The third kappa shape index (κ3) is 4.72. The first-order valence-electron chi connectivity index (χ1n) is 6.81. The molecule has 1 aliphatic rings. The fourth-order valence-electron chi connectivity index (χ4n) is 1.85. The Hall–Kier alpha value is -3.06. The van der Waals surface area contributed by atoms with Crippen LogP contribution < -0.4 is 5.73 Å². The molecule has 0 saturated carbocycles. The third-order valence-electron chi connectivity index (χ3n) is 2.86. The van der Waals surface area contributed by atoms with Crippen molar-refractivity contribution in [1.82, 2.24) is 0 Å². The van der Waals surface area contributed by atoms with Gasteiger partial charge in [-0.05, 0) is 18.2 Å². The minimum absolute atomic E-state index is 0.558. The lowest BCUT2D eigenvalue weighted by molar-refractivity contribution is -0.134. The second-order valence-corrected chi connectivity index (χ2v) is 5.66. The molecule has 0 radical (unpaired) electrons. The van der Waals surface area contributed by atoms with Crippen LogP contribution >= 0.6 is 11.8 Å². The molecule has 24 heavy (non-hydrogen) atoms. The summed E-state index contributed by atoms with van der Waals surface area (Å²) in [5.41, 5.74) is 7.96. The topological polar surface area (TPSA) is 113 Å². The van der Waals surface area contributed by atoms with E-state index in [2.05, 4.69) is 17.1 Å². The van der Waals surface area contributed by atoms with Gasteiger partial charge in [0.15, 0.2) is 0 Å². The number of para-hydroxylation sites is 1. The van der Waals surface area contributed by atoms with E-state index in [1.807, 2.05) is 36.4 Å². The fourth-order valence-corrected chi connectivity index (χ4v) is 2.89.